The van der Waals surface area contributed by atoms with Gasteiger partial charge in [0.25, 0.3) is 0 Å². The number of ether oxygens (including phenoxy) is 2. The molecule has 208 valence electrons. The van der Waals surface area contributed by atoms with Gasteiger partial charge in [-0.1, -0.05) is 42.4 Å². The van der Waals surface area contributed by atoms with Gasteiger partial charge in [0.15, 0.2) is 0 Å². The zero-order valence-corrected chi connectivity index (χ0v) is 23.0. The quantitative estimate of drug-likeness (QED) is 0.172. The minimum absolute atomic E-state index is 0.234. The first-order chi connectivity index (χ1) is 19.9. The van der Waals surface area contributed by atoms with Crippen LogP contribution in [0.3, 0.4) is 0 Å². The predicted octanol–water partition coefficient (Wildman–Crippen LogP) is 7.41. The lowest BCUT2D eigenvalue weighted by atomic mass is 10.1. The highest BCUT2D eigenvalue weighted by molar-refractivity contribution is 6.33. The van der Waals surface area contributed by atoms with Crippen molar-refractivity contribution in [3.8, 4) is 17.2 Å². The smallest absolute Gasteiger partial charge is 0.319 e. The van der Waals surface area contributed by atoms with Crippen LogP contribution in [0.15, 0.2) is 97.7 Å². The molecule has 0 atom stereocenters. The fourth-order valence-corrected chi connectivity index (χ4v) is 4.33. The fraction of sp³-hybridized carbons (Fsp3) is 0.129. The molecule has 5 rings (SSSR count). The van der Waals surface area contributed by atoms with E-state index in [0.717, 1.165) is 18.5 Å². The van der Waals surface area contributed by atoms with E-state index >= 15 is 0 Å². The third-order valence-corrected chi connectivity index (χ3v) is 6.50. The first kappa shape index (κ1) is 27.5. The summed E-state index contributed by atoms with van der Waals surface area (Å²) < 4.78 is 11.8. The number of rotatable bonds is 10. The highest BCUT2D eigenvalue weighted by Crippen LogP contribution is 2.45. The molecule has 1 saturated carbocycles. The van der Waals surface area contributed by atoms with E-state index in [1.54, 1.807) is 61.8 Å². The molecule has 3 amide bonds. The topological polar surface area (TPSA) is 105 Å². The molecular formula is C31H28ClN5O4. The number of hydrogen-bond donors (Lipinski definition) is 3. The number of carbonyl (C=O) groups excluding carboxylic acids is 2. The standard InChI is InChI=1S/C31H28ClN5O4/c1-3-29(38)35-26-10-7-11-27(40-2)30(26)37(21-8-5-4-6-9-21)28-19-23(16-17-33-28)41-22-14-15-25(24(32)18-22)36-31(39)34-20-12-13-20/h3-11,14-20H,1,12-13H2,2H3,(H,35,38)(H2,34,36,39). The van der Waals surface area contributed by atoms with Crippen molar-refractivity contribution in [2.75, 3.05) is 22.6 Å². The average Bonchev–Trinajstić information content (AvgIpc) is 3.80. The Balaban J connectivity index is 1.47. The van der Waals surface area contributed by atoms with Crippen molar-refractivity contribution in [1.82, 2.24) is 10.3 Å². The van der Waals surface area contributed by atoms with Gasteiger partial charge in [-0.05, 0) is 61.4 Å². The number of amides is 3. The molecule has 1 aromatic heterocycles. The fourth-order valence-electron chi connectivity index (χ4n) is 4.11. The molecule has 1 fully saturated rings. The van der Waals surface area contributed by atoms with E-state index in [4.69, 9.17) is 21.1 Å². The lowest BCUT2D eigenvalue weighted by molar-refractivity contribution is -0.111. The van der Waals surface area contributed by atoms with Gasteiger partial charge in [-0.2, -0.15) is 0 Å². The van der Waals surface area contributed by atoms with Crippen molar-refractivity contribution in [1.29, 1.82) is 0 Å². The minimum Gasteiger partial charge on any atom is -0.494 e. The summed E-state index contributed by atoms with van der Waals surface area (Å²) in [5.41, 5.74) is 2.34. The number of urea groups is 1. The molecule has 10 heteroatoms. The van der Waals surface area contributed by atoms with Crippen LogP contribution in [-0.4, -0.2) is 30.1 Å². The zero-order valence-electron chi connectivity index (χ0n) is 22.3. The van der Waals surface area contributed by atoms with Crippen LogP contribution in [0.4, 0.5) is 33.4 Å². The number of para-hydroxylation sites is 2. The second-order valence-corrected chi connectivity index (χ2v) is 9.59. The normalized spacial score (nSPS) is 12.1. The molecule has 4 aromatic rings. The molecule has 9 nitrogen and oxygen atoms in total. The second kappa shape index (κ2) is 12.4. The van der Waals surface area contributed by atoms with Crippen LogP contribution in [0.25, 0.3) is 0 Å². The molecule has 0 radical (unpaired) electrons. The van der Waals surface area contributed by atoms with Crippen LogP contribution in [0, 0.1) is 0 Å². The number of pyridine rings is 1. The largest absolute Gasteiger partial charge is 0.494 e. The number of nitrogens with one attached hydrogen (secondary N) is 3. The summed E-state index contributed by atoms with van der Waals surface area (Å²) in [6, 6.07) is 23.4. The Morgan fingerprint density at radius 1 is 0.976 bits per heavy atom. The first-order valence-corrected chi connectivity index (χ1v) is 13.3. The number of methoxy groups -OCH3 is 1. The van der Waals surface area contributed by atoms with Gasteiger partial charge in [0.05, 0.1) is 23.5 Å². The maximum atomic E-state index is 12.3. The maximum Gasteiger partial charge on any atom is 0.319 e. The van der Waals surface area contributed by atoms with Crippen LogP contribution >= 0.6 is 11.6 Å². The number of nitrogens with zero attached hydrogens (tertiary/aromatic N) is 2. The lowest BCUT2D eigenvalue weighted by Crippen LogP contribution is -2.30. The van der Waals surface area contributed by atoms with Crippen molar-refractivity contribution in [3.63, 3.8) is 0 Å². The summed E-state index contributed by atoms with van der Waals surface area (Å²) in [6.45, 7) is 3.56. The number of halogens is 1. The number of carbonyl (C=O) groups is 2. The number of aromatic nitrogens is 1. The van der Waals surface area contributed by atoms with Crippen molar-refractivity contribution in [3.05, 3.63) is 103 Å². The first-order valence-electron chi connectivity index (χ1n) is 12.9. The number of anilines is 5. The Labute approximate surface area is 242 Å². The minimum atomic E-state index is -0.364. The molecule has 3 N–H and O–H groups in total. The number of benzene rings is 3. The summed E-state index contributed by atoms with van der Waals surface area (Å²) >= 11 is 6.44. The Hall–Kier alpha value is -5.02. The molecule has 1 heterocycles. The van der Waals surface area contributed by atoms with Gasteiger partial charge in [0.2, 0.25) is 5.91 Å². The summed E-state index contributed by atoms with van der Waals surface area (Å²) in [5, 5.41) is 8.83. The Bertz CT molecular complexity index is 1580. The molecule has 0 spiro atoms. The zero-order chi connectivity index (χ0) is 28.8. The molecule has 1 aliphatic carbocycles. The van der Waals surface area contributed by atoms with Crippen LogP contribution < -0.4 is 30.3 Å². The van der Waals surface area contributed by atoms with E-state index in [-0.39, 0.29) is 18.0 Å². The third-order valence-electron chi connectivity index (χ3n) is 6.18. The Morgan fingerprint density at radius 3 is 2.46 bits per heavy atom. The van der Waals surface area contributed by atoms with Crippen molar-refractivity contribution in [2.24, 2.45) is 0 Å². The third kappa shape index (κ3) is 6.77. The van der Waals surface area contributed by atoms with Gasteiger partial charge in [-0.15, -0.1) is 0 Å². The van der Waals surface area contributed by atoms with Gasteiger partial charge >= 0.3 is 6.03 Å². The van der Waals surface area contributed by atoms with E-state index in [9.17, 15) is 9.59 Å². The Kier molecular flexibility index (Phi) is 8.36. The molecule has 0 bridgehead atoms. The van der Waals surface area contributed by atoms with Gasteiger partial charge in [-0.3, -0.25) is 9.69 Å². The van der Waals surface area contributed by atoms with Crippen LogP contribution in [0.1, 0.15) is 12.8 Å². The summed E-state index contributed by atoms with van der Waals surface area (Å²) in [6.07, 6.45) is 4.81. The van der Waals surface area contributed by atoms with E-state index in [1.165, 1.54) is 6.08 Å². The van der Waals surface area contributed by atoms with Crippen LogP contribution in [0.2, 0.25) is 5.02 Å². The maximum absolute atomic E-state index is 12.3. The molecule has 0 unspecified atom stereocenters. The van der Waals surface area contributed by atoms with Gasteiger partial charge < -0.3 is 25.4 Å². The summed E-state index contributed by atoms with van der Waals surface area (Å²) in [5.74, 6) is 1.63. The predicted molar refractivity (Wildman–Crippen MR) is 161 cm³/mol. The SMILES string of the molecule is C=CC(=O)Nc1cccc(OC)c1N(c1ccccc1)c1cc(Oc2ccc(NC(=O)NC3CC3)c(Cl)c2)ccn1. The van der Waals surface area contributed by atoms with Gasteiger partial charge in [-0.25, -0.2) is 9.78 Å². The Morgan fingerprint density at radius 2 is 1.76 bits per heavy atom. The lowest BCUT2D eigenvalue weighted by Gasteiger charge is -2.28. The van der Waals surface area contributed by atoms with Crippen LogP contribution in [0.5, 0.6) is 17.2 Å². The summed E-state index contributed by atoms with van der Waals surface area (Å²) in [7, 11) is 1.56. The number of hydrogen-bond acceptors (Lipinski definition) is 6. The van der Waals surface area contributed by atoms with E-state index in [0.29, 0.717) is 45.2 Å². The van der Waals surface area contributed by atoms with Crippen molar-refractivity contribution in [2.45, 2.75) is 18.9 Å². The monoisotopic (exact) mass is 569 g/mol. The molecular weight excluding hydrogens is 542 g/mol. The molecule has 1 aliphatic rings. The molecule has 0 saturated heterocycles. The van der Waals surface area contributed by atoms with E-state index < -0.39 is 0 Å². The van der Waals surface area contributed by atoms with Crippen molar-refractivity contribution >= 4 is 52.1 Å². The van der Waals surface area contributed by atoms with Crippen LogP contribution in [-0.2, 0) is 4.79 Å². The highest BCUT2D eigenvalue weighted by Gasteiger charge is 2.24. The van der Waals surface area contributed by atoms with Crippen molar-refractivity contribution < 1.29 is 19.1 Å². The molecule has 0 aliphatic heterocycles. The second-order valence-electron chi connectivity index (χ2n) is 9.19. The average molecular weight is 570 g/mol. The van der Waals surface area contributed by atoms with E-state index in [2.05, 4.69) is 27.5 Å². The highest BCUT2D eigenvalue weighted by atomic mass is 35.5. The van der Waals surface area contributed by atoms with Gasteiger partial charge in [0, 0.05) is 30.1 Å². The van der Waals surface area contributed by atoms with E-state index in [1.807, 2.05) is 35.2 Å². The molecule has 41 heavy (non-hydrogen) atoms. The summed E-state index contributed by atoms with van der Waals surface area (Å²) in [4.78, 5) is 30.9. The molecule has 3 aromatic carbocycles. The van der Waals surface area contributed by atoms with Gasteiger partial charge in [0.1, 0.15) is 28.8 Å².